The van der Waals surface area contributed by atoms with Gasteiger partial charge in [-0.2, -0.15) is 8.78 Å². The van der Waals surface area contributed by atoms with Gasteiger partial charge in [0.2, 0.25) is 0 Å². The van der Waals surface area contributed by atoms with Crippen LogP contribution in [-0.2, 0) is 9.47 Å². The van der Waals surface area contributed by atoms with E-state index in [9.17, 15) is 30.7 Å². The molecule has 3 rings (SSSR count). The van der Waals surface area contributed by atoms with Gasteiger partial charge in [0.1, 0.15) is 18.3 Å². The SMILES string of the molecule is FC1CC(C2CCC(Cl)CC2)CC(F)C1C(F)(F)OC1CCC(OC(F)(F)F)CC1. The minimum absolute atomic E-state index is 0.0642. The average Bonchev–Trinajstić information content (AvgIpc) is 2.61. The zero-order valence-electron chi connectivity index (χ0n) is 16.5. The largest absolute Gasteiger partial charge is 0.522 e. The molecular formula is C20H28ClF7O2. The fourth-order valence-electron chi connectivity index (χ4n) is 5.31. The fourth-order valence-corrected chi connectivity index (χ4v) is 5.56. The summed E-state index contributed by atoms with van der Waals surface area (Å²) < 4.78 is 104. The highest BCUT2D eigenvalue weighted by atomic mass is 35.5. The molecule has 2 nitrogen and oxygen atoms in total. The van der Waals surface area contributed by atoms with E-state index in [4.69, 9.17) is 16.3 Å². The molecule has 3 aliphatic carbocycles. The van der Waals surface area contributed by atoms with Gasteiger partial charge in [-0.3, -0.25) is 4.74 Å². The van der Waals surface area contributed by atoms with Crippen LogP contribution in [0.3, 0.4) is 0 Å². The van der Waals surface area contributed by atoms with E-state index in [1.807, 2.05) is 0 Å². The molecule has 2 atom stereocenters. The summed E-state index contributed by atoms with van der Waals surface area (Å²) in [7, 11) is 0. The van der Waals surface area contributed by atoms with Crippen molar-refractivity contribution in [3.8, 4) is 0 Å². The molecule has 0 N–H and O–H groups in total. The molecule has 176 valence electrons. The summed E-state index contributed by atoms with van der Waals surface area (Å²) in [6, 6.07) is 0. The third-order valence-corrected chi connectivity index (χ3v) is 7.27. The lowest BCUT2D eigenvalue weighted by Gasteiger charge is -2.43. The van der Waals surface area contributed by atoms with Gasteiger partial charge in [0.15, 0.2) is 0 Å². The topological polar surface area (TPSA) is 18.5 Å². The molecule has 10 heteroatoms. The molecule has 2 unspecified atom stereocenters. The third-order valence-electron chi connectivity index (χ3n) is 6.84. The van der Waals surface area contributed by atoms with E-state index in [1.54, 1.807) is 0 Å². The van der Waals surface area contributed by atoms with Crippen LogP contribution in [-0.4, -0.2) is 42.4 Å². The Labute approximate surface area is 176 Å². The number of rotatable bonds is 5. The van der Waals surface area contributed by atoms with Gasteiger partial charge in [0.25, 0.3) is 0 Å². The van der Waals surface area contributed by atoms with E-state index in [0.29, 0.717) is 0 Å². The monoisotopic (exact) mass is 468 g/mol. The van der Waals surface area contributed by atoms with Crippen LogP contribution in [0.1, 0.15) is 64.2 Å². The predicted octanol–water partition coefficient (Wildman–Crippen LogP) is 6.94. The van der Waals surface area contributed by atoms with Crippen molar-refractivity contribution in [1.29, 1.82) is 0 Å². The van der Waals surface area contributed by atoms with Crippen LogP contribution in [0.2, 0.25) is 0 Å². The van der Waals surface area contributed by atoms with Crippen LogP contribution in [0.15, 0.2) is 0 Å². The molecule has 3 saturated carbocycles. The maximum absolute atomic E-state index is 14.7. The highest BCUT2D eigenvalue weighted by Crippen LogP contribution is 2.48. The summed E-state index contributed by atoms with van der Waals surface area (Å²) >= 11 is 6.07. The van der Waals surface area contributed by atoms with Crippen molar-refractivity contribution in [3.63, 3.8) is 0 Å². The molecule has 0 aromatic heterocycles. The van der Waals surface area contributed by atoms with Gasteiger partial charge in [-0.1, -0.05) is 0 Å². The highest BCUT2D eigenvalue weighted by molar-refractivity contribution is 6.20. The summed E-state index contributed by atoms with van der Waals surface area (Å²) in [6.07, 6.45) is -12.6. The summed E-state index contributed by atoms with van der Waals surface area (Å²) in [5.74, 6) is -2.39. The molecular weight excluding hydrogens is 441 g/mol. The molecule has 3 fully saturated rings. The first-order valence-electron chi connectivity index (χ1n) is 10.7. The highest BCUT2D eigenvalue weighted by Gasteiger charge is 2.56. The molecule has 0 aromatic carbocycles. The lowest BCUT2D eigenvalue weighted by Crippen LogP contribution is -2.50. The third kappa shape index (κ3) is 6.37. The van der Waals surface area contributed by atoms with Gasteiger partial charge in [-0.15, -0.1) is 24.8 Å². The smallest absolute Gasteiger partial charge is 0.317 e. The minimum Gasteiger partial charge on any atom is -0.317 e. The number of halogens is 8. The second-order valence-electron chi connectivity index (χ2n) is 8.94. The molecule has 0 radical (unpaired) electrons. The van der Waals surface area contributed by atoms with Gasteiger partial charge >= 0.3 is 12.5 Å². The molecule has 0 amide bonds. The first-order chi connectivity index (χ1) is 13.9. The molecule has 0 aliphatic heterocycles. The van der Waals surface area contributed by atoms with Crippen molar-refractivity contribution in [3.05, 3.63) is 0 Å². The molecule has 30 heavy (non-hydrogen) atoms. The van der Waals surface area contributed by atoms with E-state index in [1.165, 1.54) is 0 Å². The quantitative estimate of drug-likeness (QED) is 0.321. The summed E-state index contributed by atoms with van der Waals surface area (Å²) in [4.78, 5) is 0. The van der Waals surface area contributed by atoms with Crippen molar-refractivity contribution < 1.29 is 40.2 Å². The van der Waals surface area contributed by atoms with Crippen LogP contribution in [0.25, 0.3) is 0 Å². The Morgan fingerprint density at radius 2 is 1.10 bits per heavy atom. The summed E-state index contributed by atoms with van der Waals surface area (Å²) in [5.41, 5.74) is 0. The second kappa shape index (κ2) is 9.69. The molecule has 0 heterocycles. The van der Waals surface area contributed by atoms with Gasteiger partial charge in [-0.25, -0.2) is 8.78 Å². The number of alkyl halides is 8. The molecule has 0 bridgehead atoms. The van der Waals surface area contributed by atoms with Gasteiger partial charge < -0.3 is 4.74 Å². The zero-order chi connectivity index (χ0) is 22.1. The maximum atomic E-state index is 14.7. The summed E-state index contributed by atoms with van der Waals surface area (Å²) in [5, 5.41) is 0.0642. The Morgan fingerprint density at radius 3 is 1.57 bits per heavy atom. The maximum Gasteiger partial charge on any atom is 0.522 e. The molecule has 3 aliphatic rings. The van der Waals surface area contributed by atoms with E-state index in [-0.39, 0.29) is 55.7 Å². The van der Waals surface area contributed by atoms with Crippen LogP contribution in [0, 0.1) is 17.8 Å². The Bertz CT molecular complexity index is 534. The molecule has 0 saturated heterocycles. The predicted molar refractivity (Wildman–Crippen MR) is 96.8 cm³/mol. The van der Waals surface area contributed by atoms with Crippen molar-refractivity contribution >= 4 is 11.6 Å². The number of ether oxygens (including phenoxy) is 2. The Morgan fingerprint density at radius 1 is 0.633 bits per heavy atom. The van der Waals surface area contributed by atoms with Gasteiger partial charge in [0.05, 0.1) is 12.2 Å². The first-order valence-corrected chi connectivity index (χ1v) is 11.1. The molecule has 0 aromatic rings. The van der Waals surface area contributed by atoms with Crippen molar-refractivity contribution in [2.45, 2.75) is 107 Å². The Hall–Kier alpha value is -0.280. The number of hydrogen-bond donors (Lipinski definition) is 0. The zero-order valence-corrected chi connectivity index (χ0v) is 17.3. The Balaban J connectivity index is 1.52. The number of hydrogen-bond acceptors (Lipinski definition) is 2. The van der Waals surface area contributed by atoms with Crippen LogP contribution in [0.5, 0.6) is 0 Å². The standard InChI is InChI=1S/C20H28ClF7O2/c21-13-3-1-11(2-4-13)12-9-16(22)18(17(23)10-12)19(24,25)29-14-5-7-15(8-6-14)30-20(26,27)28/h11-18H,1-10H2. The normalized spacial score (nSPS) is 41.6. The van der Waals surface area contributed by atoms with E-state index >= 15 is 0 Å². The van der Waals surface area contributed by atoms with Crippen molar-refractivity contribution in [2.75, 3.05) is 0 Å². The van der Waals surface area contributed by atoms with Crippen LogP contribution < -0.4 is 0 Å². The van der Waals surface area contributed by atoms with Crippen LogP contribution >= 0.6 is 11.6 Å². The lowest BCUT2D eigenvalue weighted by atomic mass is 9.69. The van der Waals surface area contributed by atoms with Gasteiger partial charge in [-0.05, 0) is 76.0 Å². The van der Waals surface area contributed by atoms with Gasteiger partial charge in [0, 0.05) is 5.38 Å². The fraction of sp³-hybridized carbons (Fsp3) is 1.00. The van der Waals surface area contributed by atoms with E-state index in [0.717, 1.165) is 25.7 Å². The van der Waals surface area contributed by atoms with Crippen LogP contribution in [0.4, 0.5) is 30.7 Å². The van der Waals surface area contributed by atoms with Crippen molar-refractivity contribution in [1.82, 2.24) is 0 Å². The van der Waals surface area contributed by atoms with E-state index in [2.05, 4.69) is 4.74 Å². The first kappa shape index (κ1) is 24.4. The molecule has 0 spiro atoms. The Kier molecular flexibility index (Phi) is 7.87. The second-order valence-corrected chi connectivity index (χ2v) is 9.56. The summed E-state index contributed by atoms with van der Waals surface area (Å²) in [6.45, 7) is 0. The average molecular weight is 469 g/mol. The lowest BCUT2D eigenvalue weighted by molar-refractivity contribution is -0.352. The van der Waals surface area contributed by atoms with E-state index < -0.39 is 42.9 Å². The van der Waals surface area contributed by atoms with Crippen molar-refractivity contribution in [2.24, 2.45) is 17.8 Å². The minimum atomic E-state index is -4.78.